The van der Waals surface area contributed by atoms with E-state index >= 15 is 0 Å². The Balaban J connectivity index is 1.76. The quantitative estimate of drug-likeness (QED) is 0.193. The Morgan fingerprint density at radius 1 is 1.13 bits per heavy atom. The maximum absolute atomic E-state index is 14.1. The van der Waals surface area contributed by atoms with Crippen molar-refractivity contribution in [2.24, 2.45) is 22.7 Å². The molecule has 1 saturated heterocycles. The smallest absolute Gasteiger partial charge is 0.408 e. The summed E-state index contributed by atoms with van der Waals surface area (Å²) < 4.78 is 5.42. The lowest BCUT2D eigenvalue weighted by atomic mass is 9.85. The average Bonchev–Trinajstić information content (AvgIpc) is 3.26. The van der Waals surface area contributed by atoms with E-state index in [9.17, 15) is 24.0 Å². The number of nitrogens with zero attached hydrogens (tertiary/aromatic N) is 1. The van der Waals surface area contributed by atoms with Crippen molar-refractivity contribution in [1.82, 2.24) is 20.9 Å². The molecule has 10 heteroatoms. The highest BCUT2D eigenvalue weighted by molar-refractivity contribution is 6.38. The first kappa shape index (κ1) is 35.6. The van der Waals surface area contributed by atoms with Gasteiger partial charge in [-0.05, 0) is 69.1 Å². The first-order chi connectivity index (χ1) is 20.9. The minimum atomic E-state index is -1.11. The van der Waals surface area contributed by atoms with Crippen molar-refractivity contribution in [3.05, 3.63) is 36.5 Å². The van der Waals surface area contributed by atoms with E-state index in [2.05, 4.69) is 54.3 Å². The molecule has 246 valence electrons. The Morgan fingerprint density at radius 2 is 1.82 bits per heavy atom. The highest BCUT2D eigenvalue weighted by Crippen LogP contribution is 2.65. The molecular weight excluding hydrogens is 572 g/mol. The Morgan fingerprint density at radius 3 is 2.40 bits per heavy atom. The van der Waals surface area contributed by atoms with Crippen molar-refractivity contribution in [1.29, 1.82) is 0 Å². The molecule has 10 nitrogen and oxygen atoms in total. The molecule has 1 unspecified atom stereocenters. The number of piperidine rings is 1. The van der Waals surface area contributed by atoms with Gasteiger partial charge in [-0.25, -0.2) is 4.79 Å². The predicted molar refractivity (Wildman–Crippen MR) is 172 cm³/mol. The van der Waals surface area contributed by atoms with E-state index in [1.54, 1.807) is 26.8 Å². The van der Waals surface area contributed by atoms with Crippen molar-refractivity contribution >= 4 is 29.6 Å². The molecule has 1 saturated carbocycles. The lowest BCUT2D eigenvalue weighted by molar-refractivity contribution is -0.145. The zero-order valence-corrected chi connectivity index (χ0v) is 28.0. The minimum absolute atomic E-state index is 0.00452. The summed E-state index contributed by atoms with van der Waals surface area (Å²) in [6.07, 6.45) is 9.12. The number of hydrogen-bond donors (Lipinski definition) is 3. The molecular formula is C35H50N4O6. The molecule has 0 spiro atoms. The van der Waals surface area contributed by atoms with Crippen LogP contribution in [0.1, 0.15) is 81.1 Å². The number of Topliss-reactive ketones (excluding diaryl/α,β-unsaturated/α-hetero) is 1. The van der Waals surface area contributed by atoms with Crippen LogP contribution in [-0.2, 0) is 23.9 Å². The number of allylic oxidation sites excluding steroid dienone is 5. The largest absolute Gasteiger partial charge is 0.444 e. The monoisotopic (exact) mass is 622 g/mol. The molecule has 0 radical (unpaired) electrons. The van der Waals surface area contributed by atoms with Crippen molar-refractivity contribution < 1.29 is 28.7 Å². The Hall–Kier alpha value is -3.87. The number of fused-ring (bicyclic) bond motifs is 1. The second-order valence-electron chi connectivity index (χ2n) is 14.8. The number of alkyl carbamates (subject to hydrolysis) is 1. The summed E-state index contributed by atoms with van der Waals surface area (Å²) in [5, 5.41) is 8.06. The van der Waals surface area contributed by atoms with Crippen LogP contribution in [0.4, 0.5) is 4.79 Å². The summed E-state index contributed by atoms with van der Waals surface area (Å²) in [6, 6.07) is -2.94. The van der Waals surface area contributed by atoms with E-state index in [0.29, 0.717) is 13.0 Å². The summed E-state index contributed by atoms with van der Waals surface area (Å²) in [4.78, 5) is 68.3. The van der Waals surface area contributed by atoms with Gasteiger partial charge in [0.25, 0.3) is 5.91 Å². The zero-order valence-electron chi connectivity index (χ0n) is 28.0. The van der Waals surface area contributed by atoms with Gasteiger partial charge in [0.2, 0.25) is 17.6 Å². The van der Waals surface area contributed by atoms with E-state index < -0.39 is 58.7 Å². The number of likely N-dealkylation sites (tertiary alicyclic amines) is 1. The van der Waals surface area contributed by atoms with Gasteiger partial charge in [-0.3, -0.25) is 19.2 Å². The number of amides is 4. The van der Waals surface area contributed by atoms with Gasteiger partial charge in [0, 0.05) is 12.1 Å². The maximum Gasteiger partial charge on any atom is 0.408 e. The number of nitrogens with one attached hydrogen (secondary N) is 3. The molecule has 5 atom stereocenters. The highest BCUT2D eigenvalue weighted by Gasteiger charge is 2.70. The van der Waals surface area contributed by atoms with Crippen LogP contribution in [0, 0.1) is 34.5 Å². The molecule has 3 rings (SSSR count). The molecule has 3 aliphatic rings. The van der Waals surface area contributed by atoms with E-state index in [0.717, 1.165) is 18.4 Å². The van der Waals surface area contributed by atoms with Gasteiger partial charge in [-0.1, -0.05) is 70.8 Å². The number of ketones is 1. The summed E-state index contributed by atoms with van der Waals surface area (Å²) in [6.45, 7) is 18.9. The van der Waals surface area contributed by atoms with Gasteiger partial charge < -0.3 is 25.6 Å². The van der Waals surface area contributed by atoms with Crippen LogP contribution in [0.25, 0.3) is 0 Å². The van der Waals surface area contributed by atoms with Gasteiger partial charge in [0.1, 0.15) is 17.7 Å². The highest BCUT2D eigenvalue weighted by atomic mass is 16.6. The van der Waals surface area contributed by atoms with E-state index in [-0.39, 0.29) is 30.2 Å². The van der Waals surface area contributed by atoms with Gasteiger partial charge >= 0.3 is 6.09 Å². The molecule has 0 bridgehead atoms. The first-order valence-corrected chi connectivity index (χ1v) is 15.8. The summed E-state index contributed by atoms with van der Waals surface area (Å²) >= 11 is 0. The molecule has 3 N–H and O–H groups in total. The van der Waals surface area contributed by atoms with E-state index in [1.807, 2.05) is 32.9 Å². The normalized spacial score (nSPS) is 22.8. The van der Waals surface area contributed by atoms with Gasteiger partial charge in [-0.2, -0.15) is 0 Å². The average molecular weight is 623 g/mol. The van der Waals surface area contributed by atoms with E-state index in [1.165, 1.54) is 4.90 Å². The molecule has 1 aliphatic heterocycles. The first-order valence-electron chi connectivity index (χ1n) is 15.8. The molecule has 0 aromatic rings. The minimum Gasteiger partial charge on any atom is -0.444 e. The van der Waals surface area contributed by atoms with Crippen molar-refractivity contribution in [2.45, 2.75) is 105 Å². The summed E-state index contributed by atoms with van der Waals surface area (Å²) in [7, 11) is 0. The molecule has 2 aliphatic carbocycles. The second-order valence-corrected chi connectivity index (χ2v) is 14.8. The number of carbonyl (C=O) groups is 5. The van der Waals surface area contributed by atoms with Crippen molar-refractivity contribution in [2.75, 3.05) is 13.1 Å². The zero-order chi connectivity index (χ0) is 33.7. The van der Waals surface area contributed by atoms with Crippen LogP contribution in [0.15, 0.2) is 36.5 Å². The molecule has 1 heterocycles. The third kappa shape index (κ3) is 9.09. The fourth-order valence-electron chi connectivity index (χ4n) is 6.10. The molecule has 2 fully saturated rings. The van der Waals surface area contributed by atoms with Gasteiger partial charge in [0.15, 0.2) is 0 Å². The lowest BCUT2D eigenvalue weighted by Gasteiger charge is -2.38. The van der Waals surface area contributed by atoms with Crippen molar-refractivity contribution in [3.63, 3.8) is 0 Å². The van der Waals surface area contributed by atoms with Crippen LogP contribution < -0.4 is 16.0 Å². The number of hydrogen-bond acceptors (Lipinski definition) is 6. The maximum atomic E-state index is 14.1. The van der Waals surface area contributed by atoms with Crippen LogP contribution in [0.5, 0.6) is 0 Å². The fourth-order valence-corrected chi connectivity index (χ4v) is 6.10. The van der Waals surface area contributed by atoms with Crippen LogP contribution >= 0.6 is 0 Å². The van der Waals surface area contributed by atoms with Gasteiger partial charge in [-0.15, -0.1) is 6.58 Å². The number of rotatable bonds is 10. The molecule has 0 aromatic carbocycles. The van der Waals surface area contributed by atoms with Crippen LogP contribution in [-0.4, -0.2) is 71.3 Å². The van der Waals surface area contributed by atoms with Crippen LogP contribution in [0.2, 0.25) is 0 Å². The molecule has 45 heavy (non-hydrogen) atoms. The number of carbonyl (C=O) groups excluding carboxylic acids is 5. The Bertz CT molecular complexity index is 1320. The third-order valence-corrected chi connectivity index (χ3v) is 8.65. The SMILES string of the molecule is C=CCCC(NC(=O)[C@@H]1[C@H]2[C@@H](CN1C(=O)[C@@H](NC(=O)OC(C)(C)C)C(C)(C)C)C2(C)C)C(=O)C(=O)NCC#CC1=CC=CCC1. The Kier molecular flexibility index (Phi) is 11.1. The Labute approximate surface area is 267 Å². The topological polar surface area (TPSA) is 134 Å². The summed E-state index contributed by atoms with van der Waals surface area (Å²) in [5.41, 5.74) is -0.672. The molecule has 4 amide bonds. The van der Waals surface area contributed by atoms with Crippen molar-refractivity contribution in [3.8, 4) is 11.8 Å². The summed E-state index contributed by atoms with van der Waals surface area (Å²) in [5.74, 6) is 3.30. The number of ether oxygens (including phenoxy) is 1. The van der Waals surface area contributed by atoms with E-state index in [4.69, 9.17) is 4.74 Å². The standard InChI is InChI=1S/C35H50N4O6/c1-10-11-19-24(27(40)30(42)36-20-15-18-22-16-13-12-14-17-22)37-29(41)26-25-23(35(25,8)9)21-39(26)31(43)28(33(2,3)4)38-32(44)45-34(5,6)7/h10,12-13,16,23-26,28H,1,11,14,17,19-21H2,2-9H3,(H,36,42)(H,37,41)(H,38,44)/t23-,24?,25-,26+,28-/m1/s1. The fraction of sp³-hybridized carbons (Fsp3) is 0.629. The van der Waals surface area contributed by atoms with Gasteiger partial charge in [0.05, 0.1) is 12.6 Å². The third-order valence-electron chi connectivity index (χ3n) is 8.65. The van der Waals surface area contributed by atoms with Crippen LogP contribution in [0.3, 0.4) is 0 Å². The predicted octanol–water partition coefficient (Wildman–Crippen LogP) is 3.82. The lowest BCUT2D eigenvalue weighted by Crippen LogP contribution is -2.60. The molecule has 0 aromatic heterocycles. The second kappa shape index (κ2) is 14.1.